The first-order valence-electron chi connectivity index (χ1n) is 5.61. The van der Waals surface area contributed by atoms with Gasteiger partial charge in [0.05, 0.1) is 7.11 Å². The van der Waals surface area contributed by atoms with Gasteiger partial charge in [0.2, 0.25) is 0 Å². The molecule has 1 atom stereocenters. The van der Waals surface area contributed by atoms with Crippen molar-refractivity contribution in [1.29, 1.82) is 0 Å². The van der Waals surface area contributed by atoms with Crippen molar-refractivity contribution in [3.63, 3.8) is 0 Å². The quantitative estimate of drug-likeness (QED) is 0.821. The predicted molar refractivity (Wildman–Crippen MR) is 65.6 cm³/mol. The van der Waals surface area contributed by atoms with Gasteiger partial charge < -0.3 is 20.5 Å². The Balaban J connectivity index is 2.93. The molecule has 0 aliphatic rings. The summed E-state index contributed by atoms with van der Waals surface area (Å²) in [6.45, 7) is -0.976. The number of nitrogens with one attached hydrogen (secondary N) is 1. The molecule has 0 fully saturated rings. The highest BCUT2D eigenvalue weighted by molar-refractivity contribution is 5.95. The Labute approximate surface area is 109 Å². The fourth-order valence-electron chi connectivity index (χ4n) is 1.37. The van der Waals surface area contributed by atoms with Gasteiger partial charge in [-0.05, 0) is 25.1 Å². The number of ether oxygens (including phenoxy) is 2. The number of alkyl halides is 2. The lowest BCUT2D eigenvalue weighted by atomic mass is 10.1. The molecule has 0 spiro atoms. The number of carbonyl (C=O) groups is 1. The number of hydrogen-bond acceptors (Lipinski definition) is 4. The lowest BCUT2D eigenvalue weighted by Gasteiger charge is -2.14. The zero-order valence-corrected chi connectivity index (χ0v) is 10.7. The number of amides is 1. The number of halogens is 2. The summed E-state index contributed by atoms with van der Waals surface area (Å²) in [4.78, 5) is 11.8. The highest BCUT2D eigenvalue weighted by Gasteiger charge is 2.15. The van der Waals surface area contributed by atoms with Crippen molar-refractivity contribution in [2.24, 2.45) is 5.73 Å². The van der Waals surface area contributed by atoms with E-state index in [4.69, 9.17) is 10.5 Å². The van der Waals surface area contributed by atoms with Gasteiger partial charge in [0.25, 0.3) is 5.91 Å². The van der Waals surface area contributed by atoms with E-state index in [0.29, 0.717) is 0 Å². The van der Waals surface area contributed by atoms with Gasteiger partial charge in [0.1, 0.15) is 0 Å². The highest BCUT2D eigenvalue weighted by Crippen LogP contribution is 2.29. The second-order valence-corrected chi connectivity index (χ2v) is 3.85. The minimum atomic E-state index is -2.99. The minimum Gasteiger partial charge on any atom is -0.493 e. The lowest BCUT2D eigenvalue weighted by molar-refractivity contribution is -0.0512. The van der Waals surface area contributed by atoms with Crippen LogP contribution >= 0.6 is 0 Å². The summed E-state index contributed by atoms with van der Waals surface area (Å²) < 4.78 is 33.6. The van der Waals surface area contributed by atoms with E-state index in [1.807, 2.05) is 0 Å². The molecule has 5 nitrogen and oxygen atoms in total. The number of nitrogens with two attached hydrogens (primary N) is 1. The average molecular weight is 274 g/mol. The molecule has 0 aromatic heterocycles. The Kier molecular flexibility index (Phi) is 5.50. The zero-order valence-electron chi connectivity index (χ0n) is 10.7. The summed E-state index contributed by atoms with van der Waals surface area (Å²) in [6.07, 6.45) is 0. The zero-order chi connectivity index (χ0) is 14.4. The van der Waals surface area contributed by atoms with Crippen LogP contribution in [0.2, 0.25) is 0 Å². The Morgan fingerprint density at radius 2 is 2.11 bits per heavy atom. The number of methoxy groups -OCH3 is 1. The van der Waals surface area contributed by atoms with Gasteiger partial charge in [0.15, 0.2) is 11.5 Å². The molecular weight excluding hydrogens is 258 g/mol. The van der Waals surface area contributed by atoms with Gasteiger partial charge in [-0.15, -0.1) is 0 Å². The van der Waals surface area contributed by atoms with Gasteiger partial charge in [-0.1, -0.05) is 0 Å². The Hall–Kier alpha value is -1.89. The smallest absolute Gasteiger partial charge is 0.387 e. The van der Waals surface area contributed by atoms with E-state index in [1.54, 1.807) is 6.92 Å². The van der Waals surface area contributed by atoms with Crippen LogP contribution in [-0.4, -0.2) is 32.2 Å². The molecule has 0 unspecified atom stereocenters. The largest absolute Gasteiger partial charge is 0.493 e. The molecule has 106 valence electrons. The van der Waals surface area contributed by atoms with Crippen LogP contribution in [0.1, 0.15) is 17.3 Å². The molecule has 1 rings (SSSR count). The van der Waals surface area contributed by atoms with E-state index in [9.17, 15) is 13.6 Å². The van der Waals surface area contributed by atoms with E-state index in [2.05, 4.69) is 10.1 Å². The third kappa shape index (κ3) is 4.36. The van der Waals surface area contributed by atoms with E-state index in [1.165, 1.54) is 25.3 Å². The van der Waals surface area contributed by atoms with Crippen LogP contribution in [0.3, 0.4) is 0 Å². The monoisotopic (exact) mass is 274 g/mol. The van der Waals surface area contributed by atoms with Gasteiger partial charge in [-0.25, -0.2) is 0 Å². The number of rotatable bonds is 6. The van der Waals surface area contributed by atoms with Crippen LogP contribution in [0.4, 0.5) is 8.78 Å². The summed E-state index contributed by atoms with van der Waals surface area (Å²) in [6, 6.07) is 3.83. The van der Waals surface area contributed by atoms with E-state index < -0.39 is 12.5 Å². The second kappa shape index (κ2) is 6.89. The van der Waals surface area contributed by atoms with E-state index >= 15 is 0 Å². The maximum absolute atomic E-state index is 12.2. The second-order valence-electron chi connectivity index (χ2n) is 3.85. The van der Waals surface area contributed by atoms with Crippen molar-refractivity contribution >= 4 is 5.91 Å². The number of benzene rings is 1. The molecule has 1 amide bonds. The minimum absolute atomic E-state index is 0.128. The Morgan fingerprint density at radius 1 is 1.42 bits per heavy atom. The van der Waals surface area contributed by atoms with Gasteiger partial charge in [0, 0.05) is 18.2 Å². The van der Waals surface area contributed by atoms with Crippen molar-refractivity contribution < 1.29 is 23.0 Å². The molecule has 1 aromatic carbocycles. The van der Waals surface area contributed by atoms with Crippen molar-refractivity contribution in [3.05, 3.63) is 23.8 Å². The molecule has 3 N–H and O–H groups in total. The summed E-state index contributed by atoms with van der Waals surface area (Å²) in [7, 11) is 1.32. The van der Waals surface area contributed by atoms with Crippen molar-refractivity contribution in [2.75, 3.05) is 13.7 Å². The standard InChI is InChI=1S/C12H16F2N2O3/c1-7(6-15)16-11(17)8-3-4-9(18-2)10(5-8)19-12(13)14/h3-5,7,12H,6,15H2,1-2H3,(H,16,17)/t7-/m0/s1. The first-order chi connectivity index (χ1) is 8.97. The first-order valence-corrected chi connectivity index (χ1v) is 5.61. The average Bonchev–Trinajstić information content (AvgIpc) is 2.37. The molecule has 0 saturated heterocycles. The van der Waals surface area contributed by atoms with Crippen molar-refractivity contribution in [2.45, 2.75) is 19.6 Å². The van der Waals surface area contributed by atoms with Crippen molar-refractivity contribution in [3.8, 4) is 11.5 Å². The molecule has 0 radical (unpaired) electrons. The fraction of sp³-hybridized carbons (Fsp3) is 0.417. The van der Waals surface area contributed by atoms with Crippen LogP contribution in [0, 0.1) is 0 Å². The molecule has 0 bridgehead atoms. The molecule has 1 aromatic rings. The van der Waals surface area contributed by atoms with Gasteiger partial charge >= 0.3 is 6.61 Å². The van der Waals surface area contributed by atoms with Crippen LogP contribution in [0.5, 0.6) is 11.5 Å². The third-order valence-corrected chi connectivity index (χ3v) is 2.37. The highest BCUT2D eigenvalue weighted by atomic mass is 19.3. The first kappa shape index (κ1) is 15.2. The Morgan fingerprint density at radius 3 is 2.63 bits per heavy atom. The summed E-state index contributed by atoms with van der Waals surface area (Å²) >= 11 is 0. The lowest BCUT2D eigenvalue weighted by Crippen LogP contribution is -2.37. The molecule has 0 heterocycles. The molecule has 19 heavy (non-hydrogen) atoms. The molecule has 0 saturated carbocycles. The van der Waals surface area contributed by atoms with E-state index in [0.717, 1.165) is 0 Å². The topological polar surface area (TPSA) is 73.6 Å². The van der Waals surface area contributed by atoms with Gasteiger partial charge in [-0.3, -0.25) is 4.79 Å². The summed E-state index contributed by atoms with van der Waals surface area (Å²) in [5, 5.41) is 2.62. The fourth-order valence-corrected chi connectivity index (χ4v) is 1.37. The van der Waals surface area contributed by atoms with Crippen LogP contribution in [0.15, 0.2) is 18.2 Å². The summed E-state index contributed by atoms with van der Waals surface area (Å²) in [5.41, 5.74) is 5.57. The van der Waals surface area contributed by atoms with Crippen LogP contribution in [-0.2, 0) is 0 Å². The van der Waals surface area contributed by atoms with Crippen LogP contribution < -0.4 is 20.5 Å². The normalized spacial score (nSPS) is 12.1. The van der Waals surface area contributed by atoms with Crippen LogP contribution in [0.25, 0.3) is 0 Å². The van der Waals surface area contributed by atoms with Crippen molar-refractivity contribution in [1.82, 2.24) is 5.32 Å². The molecule has 7 heteroatoms. The van der Waals surface area contributed by atoms with E-state index in [-0.39, 0.29) is 29.6 Å². The maximum Gasteiger partial charge on any atom is 0.387 e. The summed E-state index contributed by atoms with van der Waals surface area (Å²) in [5.74, 6) is -0.478. The molecular formula is C12H16F2N2O3. The number of hydrogen-bond donors (Lipinski definition) is 2. The number of carbonyl (C=O) groups excluding carboxylic acids is 1. The SMILES string of the molecule is COc1ccc(C(=O)N[C@@H](C)CN)cc1OC(F)F. The van der Waals surface area contributed by atoms with Gasteiger partial charge in [-0.2, -0.15) is 8.78 Å². The Bertz CT molecular complexity index is 441. The predicted octanol–water partition coefficient (Wildman–Crippen LogP) is 1.37. The maximum atomic E-state index is 12.2. The molecule has 0 aliphatic heterocycles. The third-order valence-electron chi connectivity index (χ3n) is 2.37. The molecule has 0 aliphatic carbocycles.